The summed E-state index contributed by atoms with van der Waals surface area (Å²) in [6.07, 6.45) is 1.90. The molecule has 17 heavy (non-hydrogen) atoms. The van der Waals surface area contributed by atoms with Gasteiger partial charge in [0.25, 0.3) is 0 Å². The molecule has 0 spiro atoms. The van der Waals surface area contributed by atoms with Crippen LogP contribution in [-0.2, 0) is 4.79 Å². The molecule has 0 aromatic carbocycles. The van der Waals surface area contributed by atoms with Crippen molar-refractivity contribution in [3.63, 3.8) is 0 Å². The molecule has 0 aromatic heterocycles. The SMILES string of the molecule is CC(Cl)C(=O)N1CCCC(N2CCNC2=O)C1. The molecule has 0 aromatic rings. The van der Waals surface area contributed by atoms with E-state index >= 15 is 0 Å². The summed E-state index contributed by atoms with van der Waals surface area (Å²) in [5.74, 6) is -0.0315. The standard InChI is InChI=1S/C11H18ClN3O2/c1-8(12)10(16)14-5-2-3-9(7-14)15-6-4-13-11(15)17/h8-9H,2-7H2,1H3,(H,13,17). The van der Waals surface area contributed by atoms with E-state index in [9.17, 15) is 9.59 Å². The third-order valence-corrected chi connectivity index (χ3v) is 3.57. The van der Waals surface area contributed by atoms with Crippen molar-refractivity contribution < 1.29 is 9.59 Å². The van der Waals surface area contributed by atoms with Gasteiger partial charge in [-0.1, -0.05) is 0 Å². The molecule has 2 fully saturated rings. The number of hydrogen-bond acceptors (Lipinski definition) is 2. The second kappa shape index (κ2) is 5.12. The average Bonchev–Trinajstić information content (AvgIpc) is 2.74. The highest BCUT2D eigenvalue weighted by atomic mass is 35.5. The second-order valence-corrected chi connectivity index (χ2v) is 5.28. The van der Waals surface area contributed by atoms with E-state index < -0.39 is 5.38 Å². The van der Waals surface area contributed by atoms with Crippen molar-refractivity contribution in [1.29, 1.82) is 0 Å². The molecular formula is C11H18ClN3O2. The number of rotatable bonds is 2. The third-order valence-electron chi connectivity index (χ3n) is 3.38. The summed E-state index contributed by atoms with van der Waals surface area (Å²) in [4.78, 5) is 27.0. The van der Waals surface area contributed by atoms with Crippen molar-refractivity contribution in [2.24, 2.45) is 0 Å². The molecule has 0 bridgehead atoms. The van der Waals surface area contributed by atoms with Crippen LogP contribution in [0.5, 0.6) is 0 Å². The number of nitrogens with zero attached hydrogens (tertiary/aromatic N) is 2. The van der Waals surface area contributed by atoms with Gasteiger partial charge in [-0.15, -0.1) is 11.6 Å². The van der Waals surface area contributed by atoms with Crippen LogP contribution >= 0.6 is 11.6 Å². The van der Waals surface area contributed by atoms with E-state index in [1.54, 1.807) is 11.8 Å². The fourth-order valence-corrected chi connectivity index (χ4v) is 2.63. The molecule has 0 saturated carbocycles. The zero-order valence-electron chi connectivity index (χ0n) is 9.99. The van der Waals surface area contributed by atoms with Crippen molar-refractivity contribution >= 4 is 23.5 Å². The van der Waals surface area contributed by atoms with Gasteiger partial charge in [-0.3, -0.25) is 4.79 Å². The Morgan fingerprint density at radius 2 is 2.29 bits per heavy atom. The lowest BCUT2D eigenvalue weighted by Gasteiger charge is -2.37. The summed E-state index contributed by atoms with van der Waals surface area (Å²) in [6.45, 7) is 4.50. The zero-order valence-corrected chi connectivity index (χ0v) is 10.7. The number of hydrogen-bond donors (Lipinski definition) is 1. The molecule has 6 heteroatoms. The van der Waals surface area contributed by atoms with Crippen LogP contribution in [0.1, 0.15) is 19.8 Å². The molecule has 1 N–H and O–H groups in total. The highest BCUT2D eigenvalue weighted by Gasteiger charge is 2.33. The lowest BCUT2D eigenvalue weighted by Crippen LogP contribution is -2.51. The van der Waals surface area contributed by atoms with Gasteiger partial charge in [0.15, 0.2) is 0 Å². The molecule has 5 nitrogen and oxygen atoms in total. The largest absolute Gasteiger partial charge is 0.339 e. The Bertz CT molecular complexity index is 322. The van der Waals surface area contributed by atoms with Crippen molar-refractivity contribution in [2.75, 3.05) is 26.2 Å². The van der Waals surface area contributed by atoms with E-state index in [0.717, 1.165) is 25.9 Å². The number of carbonyl (C=O) groups excluding carboxylic acids is 2. The first-order valence-electron chi connectivity index (χ1n) is 6.07. The van der Waals surface area contributed by atoms with E-state index in [0.29, 0.717) is 13.1 Å². The van der Waals surface area contributed by atoms with E-state index in [-0.39, 0.29) is 18.0 Å². The van der Waals surface area contributed by atoms with Gasteiger partial charge in [0, 0.05) is 26.2 Å². The van der Waals surface area contributed by atoms with Crippen molar-refractivity contribution in [2.45, 2.75) is 31.2 Å². The summed E-state index contributed by atoms with van der Waals surface area (Å²) in [5, 5.41) is 2.31. The third kappa shape index (κ3) is 2.65. The van der Waals surface area contributed by atoms with Gasteiger partial charge in [0.1, 0.15) is 5.38 Å². The van der Waals surface area contributed by atoms with Gasteiger partial charge in [-0.25, -0.2) is 4.79 Å². The zero-order chi connectivity index (χ0) is 12.4. The Hall–Kier alpha value is -0.970. The molecule has 2 heterocycles. The Labute approximate surface area is 106 Å². The fourth-order valence-electron chi connectivity index (χ4n) is 2.50. The lowest BCUT2D eigenvalue weighted by atomic mass is 10.0. The van der Waals surface area contributed by atoms with Crippen LogP contribution in [0.4, 0.5) is 4.79 Å². The minimum Gasteiger partial charge on any atom is -0.339 e. The van der Waals surface area contributed by atoms with Crippen molar-refractivity contribution in [1.82, 2.24) is 15.1 Å². The van der Waals surface area contributed by atoms with Crippen LogP contribution < -0.4 is 5.32 Å². The number of alkyl halides is 1. The van der Waals surface area contributed by atoms with Crippen molar-refractivity contribution in [3.8, 4) is 0 Å². The predicted octanol–water partition coefficient (Wildman–Crippen LogP) is 0.630. The molecular weight excluding hydrogens is 242 g/mol. The average molecular weight is 260 g/mol. The molecule has 3 amide bonds. The van der Waals surface area contributed by atoms with Gasteiger partial charge >= 0.3 is 6.03 Å². The normalized spacial score (nSPS) is 26.9. The van der Waals surface area contributed by atoms with Crippen LogP contribution in [-0.4, -0.2) is 59.3 Å². The number of halogens is 1. The first-order valence-corrected chi connectivity index (χ1v) is 6.50. The molecule has 2 saturated heterocycles. The molecule has 2 rings (SSSR count). The quantitative estimate of drug-likeness (QED) is 0.740. The van der Waals surface area contributed by atoms with E-state index in [1.165, 1.54) is 0 Å². The molecule has 2 unspecified atom stereocenters. The van der Waals surface area contributed by atoms with Crippen LogP contribution in [0.25, 0.3) is 0 Å². The fraction of sp³-hybridized carbons (Fsp3) is 0.818. The lowest BCUT2D eigenvalue weighted by molar-refractivity contribution is -0.132. The summed E-state index contributed by atoms with van der Waals surface area (Å²) in [6, 6.07) is 0.133. The molecule has 96 valence electrons. The topological polar surface area (TPSA) is 52.7 Å². The van der Waals surface area contributed by atoms with Gasteiger partial charge in [0.05, 0.1) is 6.04 Å². The maximum atomic E-state index is 11.8. The van der Waals surface area contributed by atoms with Gasteiger partial charge in [0.2, 0.25) is 5.91 Å². The summed E-state index contributed by atoms with van der Waals surface area (Å²) >= 11 is 5.81. The van der Waals surface area contributed by atoms with Crippen LogP contribution in [0.15, 0.2) is 0 Å². The van der Waals surface area contributed by atoms with E-state index in [4.69, 9.17) is 11.6 Å². The Balaban J connectivity index is 1.97. The van der Waals surface area contributed by atoms with Crippen molar-refractivity contribution in [3.05, 3.63) is 0 Å². The number of urea groups is 1. The van der Waals surface area contributed by atoms with E-state index in [2.05, 4.69) is 5.32 Å². The Morgan fingerprint density at radius 1 is 1.53 bits per heavy atom. The maximum absolute atomic E-state index is 11.8. The number of carbonyl (C=O) groups is 2. The maximum Gasteiger partial charge on any atom is 0.317 e. The number of likely N-dealkylation sites (tertiary alicyclic amines) is 1. The smallest absolute Gasteiger partial charge is 0.317 e. The summed E-state index contributed by atoms with van der Waals surface area (Å²) < 4.78 is 0. The first-order chi connectivity index (χ1) is 8.09. The monoisotopic (exact) mass is 259 g/mol. The molecule has 0 aliphatic carbocycles. The van der Waals surface area contributed by atoms with Crippen LogP contribution in [0.3, 0.4) is 0 Å². The molecule has 2 aliphatic heterocycles. The summed E-state index contributed by atoms with van der Waals surface area (Å²) in [5.41, 5.74) is 0. The highest BCUT2D eigenvalue weighted by molar-refractivity contribution is 6.30. The molecule has 2 aliphatic rings. The number of nitrogens with one attached hydrogen (secondary N) is 1. The second-order valence-electron chi connectivity index (χ2n) is 4.62. The van der Waals surface area contributed by atoms with E-state index in [1.807, 2.05) is 4.90 Å². The number of amides is 3. The minimum atomic E-state index is -0.485. The van der Waals surface area contributed by atoms with Crippen LogP contribution in [0, 0.1) is 0 Å². The Kier molecular flexibility index (Phi) is 3.76. The van der Waals surface area contributed by atoms with Crippen LogP contribution in [0.2, 0.25) is 0 Å². The highest BCUT2D eigenvalue weighted by Crippen LogP contribution is 2.19. The molecule has 2 atom stereocenters. The number of piperidine rings is 1. The minimum absolute atomic E-state index is 0.0109. The predicted molar refractivity (Wildman–Crippen MR) is 65.0 cm³/mol. The van der Waals surface area contributed by atoms with Gasteiger partial charge in [-0.2, -0.15) is 0 Å². The molecule has 0 radical (unpaired) electrons. The first kappa shape index (κ1) is 12.5. The van der Waals surface area contributed by atoms with Gasteiger partial charge in [-0.05, 0) is 19.8 Å². The summed E-state index contributed by atoms with van der Waals surface area (Å²) in [7, 11) is 0. The Morgan fingerprint density at radius 3 is 2.88 bits per heavy atom. The van der Waals surface area contributed by atoms with Gasteiger partial charge < -0.3 is 15.1 Å².